The standard InChI is InChI=1S/C19H20N2O8S/c1-3-26-19(23)17-9(2)20-18(30-17)10-4-5-13(11(6-10)21(24)25)29-14-8-28-15-12(22)7-27-16(14)15/h4-6,12,14-16,22H,3,7-8H2,1-2H3/t12-,14-,15+,16+/m0/s1. The van der Waals surface area contributed by atoms with E-state index in [1.54, 1.807) is 19.9 Å². The van der Waals surface area contributed by atoms with Gasteiger partial charge in [-0.05, 0) is 26.0 Å². The Kier molecular flexibility index (Phi) is 5.69. The third-order valence-electron chi connectivity index (χ3n) is 4.92. The van der Waals surface area contributed by atoms with Gasteiger partial charge in [0.15, 0.2) is 11.9 Å². The molecule has 2 aliphatic rings. The SMILES string of the molecule is CCOC(=O)c1sc(-c2ccc(O[C@H]3CO[C@H]4[C@@H]3OC[C@@H]4O)c([N+](=O)[O-])c2)nc1C. The number of carbonyl (C=O) groups excluding carboxylic acids is 1. The van der Waals surface area contributed by atoms with Crippen molar-refractivity contribution in [3.05, 3.63) is 38.9 Å². The van der Waals surface area contributed by atoms with Crippen molar-refractivity contribution in [1.29, 1.82) is 0 Å². The Morgan fingerprint density at radius 3 is 2.87 bits per heavy atom. The van der Waals surface area contributed by atoms with Gasteiger partial charge in [0.25, 0.3) is 0 Å². The molecular formula is C19H20N2O8S. The second-order valence-electron chi connectivity index (χ2n) is 6.91. The zero-order chi connectivity index (χ0) is 21.4. The van der Waals surface area contributed by atoms with Crippen molar-refractivity contribution in [1.82, 2.24) is 4.98 Å². The van der Waals surface area contributed by atoms with Crippen molar-refractivity contribution >= 4 is 23.0 Å². The highest BCUT2D eigenvalue weighted by atomic mass is 32.1. The van der Waals surface area contributed by atoms with E-state index in [0.29, 0.717) is 21.1 Å². The third kappa shape index (κ3) is 3.76. The first kappa shape index (κ1) is 20.7. The summed E-state index contributed by atoms with van der Waals surface area (Å²) in [6.07, 6.45) is -2.27. The van der Waals surface area contributed by atoms with Crippen molar-refractivity contribution in [2.75, 3.05) is 19.8 Å². The fourth-order valence-electron chi connectivity index (χ4n) is 3.51. The number of esters is 1. The molecule has 0 spiro atoms. The zero-order valence-electron chi connectivity index (χ0n) is 16.3. The Hall–Kier alpha value is -2.60. The Morgan fingerprint density at radius 1 is 1.37 bits per heavy atom. The highest BCUT2D eigenvalue weighted by molar-refractivity contribution is 7.17. The van der Waals surface area contributed by atoms with Gasteiger partial charge in [-0.1, -0.05) is 0 Å². The molecule has 2 fully saturated rings. The molecule has 3 heterocycles. The highest BCUT2D eigenvalue weighted by Crippen LogP contribution is 2.37. The first-order chi connectivity index (χ1) is 14.4. The van der Waals surface area contributed by atoms with Gasteiger partial charge in [0.05, 0.1) is 30.4 Å². The van der Waals surface area contributed by atoms with Crippen LogP contribution in [0.5, 0.6) is 5.75 Å². The molecule has 30 heavy (non-hydrogen) atoms. The number of aryl methyl sites for hydroxylation is 1. The second-order valence-corrected chi connectivity index (χ2v) is 7.91. The fourth-order valence-corrected chi connectivity index (χ4v) is 4.46. The van der Waals surface area contributed by atoms with E-state index in [2.05, 4.69) is 4.98 Å². The number of aliphatic hydroxyl groups excluding tert-OH is 1. The molecule has 1 aromatic carbocycles. The van der Waals surface area contributed by atoms with Gasteiger partial charge in [-0.25, -0.2) is 9.78 Å². The fraction of sp³-hybridized carbons (Fsp3) is 0.474. The summed E-state index contributed by atoms with van der Waals surface area (Å²) in [5.41, 5.74) is 0.758. The van der Waals surface area contributed by atoms with Crippen LogP contribution in [0.3, 0.4) is 0 Å². The monoisotopic (exact) mass is 436 g/mol. The summed E-state index contributed by atoms with van der Waals surface area (Å²) in [6, 6.07) is 4.50. The average Bonchev–Trinajstić information content (AvgIpc) is 3.39. The van der Waals surface area contributed by atoms with Crippen LogP contribution in [0, 0.1) is 17.0 Å². The molecule has 0 radical (unpaired) electrons. The van der Waals surface area contributed by atoms with Crippen LogP contribution in [0.1, 0.15) is 22.3 Å². The van der Waals surface area contributed by atoms with E-state index in [1.807, 2.05) is 0 Å². The molecule has 0 saturated carbocycles. The molecule has 0 aliphatic carbocycles. The molecule has 2 aliphatic heterocycles. The van der Waals surface area contributed by atoms with Crippen molar-refractivity contribution in [3.63, 3.8) is 0 Å². The van der Waals surface area contributed by atoms with Crippen LogP contribution in [-0.2, 0) is 14.2 Å². The predicted molar refractivity (Wildman–Crippen MR) is 105 cm³/mol. The lowest BCUT2D eigenvalue weighted by Gasteiger charge is -2.18. The maximum atomic E-state index is 12.0. The summed E-state index contributed by atoms with van der Waals surface area (Å²) in [5.74, 6) is -0.398. The van der Waals surface area contributed by atoms with Gasteiger partial charge < -0.3 is 24.1 Å². The summed E-state index contributed by atoms with van der Waals surface area (Å²) < 4.78 is 21.9. The van der Waals surface area contributed by atoms with Gasteiger partial charge in [-0.15, -0.1) is 11.3 Å². The Labute approximate surface area is 175 Å². The van der Waals surface area contributed by atoms with Gasteiger partial charge in [0.1, 0.15) is 28.2 Å². The summed E-state index contributed by atoms with van der Waals surface area (Å²) in [7, 11) is 0. The minimum atomic E-state index is -0.734. The van der Waals surface area contributed by atoms with E-state index in [9.17, 15) is 20.0 Å². The molecule has 2 aromatic rings. The first-order valence-corrected chi connectivity index (χ1v) is 10.2. The molecular weight excluding hydrogens is 416 g/mol. The van der Waals surface area contributed by atoms with Crippen LogP contribution < -0.4 is 4.74 Å². The molecule has 1 N–H and O–H groups in total. The molecule has 4 atom stereocenters. The third-order valence-corrected chi connectivity index (χ3v) is 6.11. The number of hydrogen-bond acceptors (Lipinski definition) is 10. The van der Waals surface area contributed by atoms with Crippen LogP contribution in [0.4, 0.5) is 5.69 Å². The number of thiazole rings is 1. The van der Waals surface area contributed by atoms with E-state index in [4.69, 9.17) is 18.9 Å². The normalized spacial score (nSPS) is 25.2. The van der Waals surface area contributed by atoms with E-state index < -0.39 is 35.3 Å². The molecule has 0 amide bonds. The van der Waals surface area contributed by atoms with Gasteiger partial charge >= 0.3 is 11.7 Å². The molecule has 0 unspecified atom stereocenters. The Bertz CT molecular complexity index is 977. The minimum Gasteiger partial charge on any atom is -0.478 e. The maximum absolute atomic E-state index is 12.0. The summed E-state index contributed by atoms with van der Waals surface area (Å²) in [6.45, 7) is 3.95. The largest absolute Gasteiger partial charge is 0.478 e. The van der Waals surface area contributed by atoms with E-state index >= 15 is 0 Å². The van der Waals surface area contributed by atoms with E-state index in [1.165, 1.54) is 12.1 Å². The molecule has 4 rings (SSSR count). The first-order valence-electron chi connectivity index (χ1n) is 9.40. The Balaban J connectivity index is 1.59. The van der Waals surface area contributed by atoms with Crippen LogP contribution in [0.15, 0.2) is 18.2 Å². The van der Waals surface area contributed by atoms with E-state index in [-0.39, 0.29) is 31.3 Å². The molecule has 11 heteroatoms. The number of ether oxygens (including phenoxy) is 4. The van der Waals surface area contributed by atoms with Crippen molar-refractivity contribution in [2.24, 2.45) is 0 Å². The topological polar surface area (TPSA) is 130 Å². The average molecular weight is 436 g/mol. The van der Waals surface area contributed by atoms with E-state index in [0.717, 1.165) is 11.3 Å². The number of rotatable bonds is 6. The molecule has 2 saturated heterocycles. The van der Waals surface area contributed by atoms with Crippen LogP contribution >= 0.6 is 11.3 Å². The summed E-state index contributed by atoms with van der Waals surface area (Å²) >= 11 is 1.12. The number of nitrogens with zero attached hydrogens (tertiary/aromatic N) is 2. The quantitative estimate of drug-likeness (QED) is 0.411. The van der Waals surface area contributed by atoms with Gasteiger partial charge in [-0.2, -0.15) is 0 Å². The lowest BCUT2D eigenvalue weighted by Crippen LogP contribution is -2.34. The molecule has 10 nitrogen and oxygen atoms in total. The second kappa shape index (κ2) is 8.26. The van der Waals surface area contributed by atoms with Gasteiger partial charge in [0, 0.05) is 11.6 Å². The highest BCUT2D eigenvalue weighted by Gasteiger charge is 2.48. The number of carbonyl (C=O) groups is 1. The Morgan fingerprint density at radius 2 is 2.13 bits per heavy atom. The van der Waals surface area contributed by atoms with Crippen LogP contribution in [0.25, 0.3) is 10.6 Å². The molecule has 160 valence electrons. The van der Waals surface area contributed by atoms with Crippen molar-refractivity contribution in [3.8, 4) is 16.3 Å². The summed E-state index contributed by atoms with van der Waals surface area (Å²) in [4.78, 5) is 27.9. The zero-order valence-corrected chi connectivity index (χ0v) is 17.1. The van der Waals surface area contributed by atoms with Crippen molar-refractivity contribution in [2.45, 2.75) is 38.3 Å². The maximum Gasteiger partial charge on any atom is 0.350 e. The van der Waals surface area contributed by atoms with Gasteiger partial charge in [0.2, 0.25) is 0 Å². The lowest BCUT2D eigenvalue weighted by atomic mass is 10.1. The van der Waals surface area contributed by atoms with Gasteiger partial charge in [-0.3, -0.25) is 10.1 Å². The number of hydrogen-bond donors (Lipinski definition) is 1. The number of benzene rings is 1. The molecule has 0 bridgehead atoms. The smallest absolute Gasteiger partial charge is 0.350 e. The van der Waals surface area contributed by atoms with Crippen LogP contribution in [-0.4, -0.2) is 65.2 Å². The summed E-state index contributed by atoms with van der Waals surface area (Å²) in [5, 5.41) is 22.0. The number of fused-ring (bicyclic) bond motifs is 1. The van der Waals surface area contributed by atoms with Crippen molar-refractivity contribution < 1.29 is 33.8 Å². The number of aromatic nitrogens is 1. The minimum absolute atomic E-state index is 0.0712. The molecule has 1 aromatic heterocycles. The predicted octanol–water partition coefficient (Wildman–Crippen LogP) is 2.11. The number of nitro groups is 1. The number of aliphatic hydroxyl groups is 1. The number of nitro benzene ring substituents is 1. The lowest BCUT2D eigenvalue weighted by molar-refractivity contribution is -0.386. The van der Waals surface area contributed by atoms with Crippen LogP contribution in [0.2, 0.25) is 0 Å².